The molecule has 0 spiro atoms. The minimum Gasteiger partial charge on any atom is -0.339 e. The zero-order valence-electron chi connectivity index (χ0n) is 17.8. The van der Waals surface area contributed by atoms with Gasteiger partial charge in [0.25, 0.3) is 16.1 Å². The van der Waals surface area contributed by atoms with Gasteiger partial charge in [0.1, 0.15) is 0 Å². The van der Waals surface area contributed by atoms with Crippen LogP contribution < -0.4 is 0 Å². The summed E-state index contributed by atoms with van der Waals surface area (Å²) >= 11 is 0. The van der Waals surface area contributed by atoms with Crippen molar-refractivity contribution in [3.05, 3.63) is 35.4 Å². The molecule has 0 bridgehead atoms. The Morgan fingerprint density at radius 2 is 1.23 bits per heavy atom. The van der Waals surface area contributed by atoms with Crippen molar-refractivity contribution in [3.63, 3.8) is 0 Å². The Labute approximate surface area is 180 Å². The standard InChI is InChI=1S/C22H34N4O3S/c27-22(24-11-5-6-12-24)21-9-7-20(8-10-21)19-23-15-17-26(18-16-23)30(28,29)25-13-3-1-2-4-14-25/h7-10H,1-6,11-19H2. The maximum Gasteiger partial charge on any atom is 0.282 e. The van der Waals surface area contributed by atoms with Crippen molar-refractivity contribution in [1.82, 2.24) is 18.4 Å². The molecule has 3 aliphatic heterocycles. The summed E-state index contributed by atoms with van der Waals surface area (Å²) in [5.74, 6) is 0.131. The Morgan fingerprint density at radius 3 is 1.83 bits per heavy atom. The van der Waals surface area contributed by atoms with Crippen molar-refractivity contribution in [2.75, 3.05) is 52.4 Å². The average molecular weight is 435 g/mol. The lowest BCUT2D eigenvalue weighted by Gasteiger charge is -2.36. The zero-order chi connectivity index (χ0) is 21.0. The van der Waals surface area contributed by atoms with Gasteiger partial charge in [0.2, 0.25) is 0 Å². The highest BCUT2D eigenvalue weighted by molar-refractivity contribution is 7.86. The van der Waals surface area contributed by atoms with Gasteiger partial charge in [-0.2, -0.15) is 17.0 Å². The molecule has 0 radical (unpaired) electrons. The number of nitrogens with zero attached hydrogens (tertiary/aromatic N) is 4. The molecule has 1 amide bonds. The van der Waals surface area contributed by atoms with Crippen LogP contribution in [0.1, 0.15) is 54.4 Å². The molecule has 3 saturated heterocycles. The molecule has 0 aliphatic carbocycles. The number of amides is 1. The minimum absolute atomic E-state index is 0.131. The van der Waals surface area contributed by atoms with E-state index in [1.165, 1.54) is 0 Å². The highest BCUT2D eigenvalue weighted by Crippen LogP contribution is 2.19. The predicted molar refractivity (Wildman–Crippen MR) is 117 cm³/mol. The molecule has 0 unspecified atom stereocenters. The monoisotopic (exact) mass is 434 g/mol. The van der Waals surface area contributed by atoms with Crippen LogP contribution in [0.3, 0.4) is 0 Å². The van der Waals surface area contributed by atoms with Gasteiger partial charge < -0.3 is 4.90 Å². The lowest BCUT2D eigenvalue weighted by atomic mass is 10.1. The van der Waals surface area contributed by atoms with Crippen LogP contribution in [0.4, 0.5) is 0 Å². The van der Waals surface area contributed by atoms with Gasteiger partial charge in [-0.05, 0) is 43.4 Å². The third kappa shape index (κ3) is 5.04. The van der Waals surface area contributed by atoms with Gasteiger partial charge in [-0.1, -0.05) is 25.0 Å². The molecule has 3 heterocycles. The van der Waals surface area contributed by atoms with E-state index in [1.807, 2.05) is 29.2 Å². The van der Waals surface area contributed by atoms with Crippen LogP contribution in [0, 0.1) is 0 Å². The maximum absolute atomic E-state index is 13.0. The summed E-state index contributed by atoms with van der Waals surface area (Å²) in [6.07, 6.45) is 6.39. The highest BCUT2D eigenvalue weighted by Gasteiger charge is 2.32. The summed E-state index contributed by atoms with van der Waals surface area (Å²) in [4.78, 5) is 16.7. The van der Waals surface area contributed by atoms with Gasteiger partial charge in [0.05, 0.1) is 0 Å². The molecular formula is C22H34N4O3S. The van der Waals surface area contributed by atoms with E-state index >= 15 is 0 Å². The molecule has 1 aromatic rings. The smallest absolute Gasteiger partial charge is 0.282 e. The highest BCUT2D eigenvalue weighted by atomic mass is 32.2. The van der Waals surface area contributed by atoms with Crippen LogP contribution in [0.25, 0.3) is 0 Å². The first-order valence-corrected chi connectivity index (χ1v) is 12.8. The van der Waals surface area contributed by atoms with E-state index in [-0.39, 0.29) is 5.91 Å². The Hall–Kier alpha value is -1.48. The van der Waals surface area contributed by atoms with Crippen LogP contribution in [-0.2, 0) is 16.8 Å². The fourth-order valence-electron chi connectivity index (χ4n) is 4.67. The fraction of sp³-hybridized carbons (Fsp3) is 0.682. The lowest BCUT2D eigenvalue weighted by Crippen LogP contribution is -2.52. The SMILES string of the molecule is O=C(c1ccc(CN2CCN(S(=O)(=O)N3CCCCCC3)CC2)cc1)N1CCCC1. The number of rotatable bonds is 5. The molecule has 7 nitrogen and oxygen atoms in total. The van der Waals surface area contributed by atoms with Crippen molar-refractivity contribution in [3.8, 4) is 0 Å². The first kappa shape index (κ1) is 21.7. The zero-order valence-corrected chi connectivity index (χ0v) is 18.7. The number of hydrogen-bond acceptors (Lipinski definition) is 4. The average Bonchev–Trinajstić information content (AvgIpc) is 3.16. The number of carbonyl (C=O) groups excluding carboxylic acids is 1. The van der Waals surface area contributed by atoms with Crippen molar-refractivity contribution >= 4 is 16.1 Å². The van der Waals surface area contributed by atoms with Gasteiger partial charge in [-0.3, -0.25) is 9.69 Å². The van der Waals surface area contributed by atoms with Crippen LogP contribution >= 0.6 is 0 Å². The van der Waals surface area contributed by atoms with Crippen molar-refractivity contribution in [2.45, 2.75) is 45.1 Å². The number of piperazine rings is 1. The van der Waals surface area contributed by atoms with Gasteiger partial charge in [-0.15, -0.1) is 0 Å². The number of likely N-dealkylation sites (tertiary alicyclic amines) is 1. The van der Waals surface area contributed by atoms with Crippen LogP contribution in [0.5, 0.6) is 0 Å². The molecule has 30 heavy (non-hydrogen) atoms. The summed E-state index contributed by atoms with van der Waals surface area (Å²) in [5, 5.41) is 0. The summed E-state index contributed by atoms with van der Waals surface area (Å²) in [7, 11) is -3.33. The topological polar surface area (TPSA) is 64.2 Å². The third-order valence-corrected chi connectivity index (χ3v) is 8.58. The van der Waals surface area contributed by atoms with Crippen LogP contribution in [0.2, 0.25) is 0 Å². The molecular weight excluding hydrogens is 400 g/mol. The lowest BCUT2D eigenvalue weighted by molar-refractivity contribution is 0.0793. The molecule has 0 atom stereocenters. The first-order chi connectivity index (χ1) is 14.5. The quantitative estimate of drug-likeness (QED) is 0.713. The van der Waals surface area contributed by atoms with E-state index in [9.17, 15) is 13.2 Å². The molecule has 0 saturated carbocycles. The minimum atomic E-state index is -3.33. The number of hydrogen-bond donors (Lipinski definition) is 0. The maximum atomic E-state index is 13.0. The summed E-state index contributed by atoms with van der Waals surface area (Å²) < 4.78 is 29.3. The normalized spacial score (nSPS) is 22.9. The van der Waals surface area contributed by atoms with Crippen LogP contribution in [0.15, 0.2) is 24.3 Å². The van der Waals surface area contributed by atoms with Gasteiger partial charge in [0.15, 0.2) is 0 Å². The third-order valence-electron chi connectivity index (χ3n) is 6.55. The summed E-state index contributed by atoms with van der Waals surface area (Å²) in [5.41, 5.74) is 1.92. The van der Waals surface area contributed by atoms with Crippen LogP contribution in [-0.4, -0.2) is 85.1 Å². The Kier molecular flexibility index (Phi) is 7.08. The predicted octanol–water partition coefficient (Wildman–Crippen LogP) is 2.16. The molecule has 0 aromatic heterocycles. The Balaban J connectivity index is 1.28. The van der Waals surface area contributed by atoms with Crippen molar-refractivity contribution < 1.29 is 13.2 Å². The molecule has 8 heteroatoms. The molecule has 4 rings (SSSR count). The molecule has 3 aliphatic rings. The largest absolute Gasteiger partial charge is 0.339 e. The second-order valence-electron chi connectivity index (χ2n) is 8.69. The van der Waals surface area contributed by atoms with Gasteiger partial charge in [-0.25, -0.2) is 0 Å². The van der Waals surface area contributed by atoms with E-state index in [2.05, 4.69) is 4.90 Å². The molecule has 1 aromatic carbocycles. The van der Waals surface area contributed by atoms with E-state index in [0.29, 0.717) is 26.2 Å². The summed E-state index contributed by atoms with van der Waals surface area (Å²) in [6.45, 7) is 6.40. The van der Waals surface area contributed by atoms with E-state index in [0.717, 1.165) is 82.4 Å². The number of carbonyl (C=O) groups is 1. The Morgan fingerprint density at radius 1 is 0.700 bits per heavy atom. The first-order valence-electron chi connectivity index (χ1n) is 11.4. The van der Waals surface area contributed by atoms with E-state index in [4.69, 9.17) is 0 Å². The second kappa shape index (κ2) is 9.77. The van der Waals surface area contributed by atoms with Crippen molar-refractivity contribution in [1.29, 1.82) is 0 Å². The molecule has 3 fully saturated rings. The molecule has 0 N–H and O–H groups in total. The second-order valence-corrected chi connectivity index (χ2v) is 10.6. The van der Waals surface area contributed by atoms with E-state index in [1.54, 1.807) is 8.61 Å². The molecule has 166 valence electrons. The van der Waals surface area contributed by atoms with Crippen molar-refractivity contribution in [2.24, 2.45) is 0 Å². The number of benzene rings is 1. The Bertz CT molecular complexity index is 805. The van der Waals surface area contributed by atoms with Gasteiger partial charge >= 0.3 is 0 Å². The summed E-state index contributed by atoms with van der Waals surface area (Å²) in [6, 6.07) is 7.92. The van der Waals surface area contributed by atoms with E-state index < -0.39 is 10.2 Å². The fourth-order valence-corrected chi connectivity index (χ4v) is 6.34. The van der Waals surface area contributed by atoms with Gasteiger partial charge in [0, 0.05) is 64.5 Å².